The monoisotopic (exact) mass is 770 g/mol. The van der Waals surface area contributed by atoms with Crippen molar-refractivity contribution in [2.75, 3.05) is 0 Å². The molecule has 12 nitrogen and oxygen atoms in total. The van der Waals surface area contributed by atoms with E-state index in [1.807, 2.05) is 24.3 Å². The van der Waals surface area contributed by atoms with E-state index in [0.29, 0.717) is 25.7 Å². The lowest BCUT2D eigenvalue weighted by Crippen LogP contribution is -2.11. The van der Waals surface area contributed by atoms with Crippen molar-refractivity contribution >= 4 is 0 Å². The fourth-order valence-corrected chi connectivity index (χ4v) is 7.56. The first-order valence-corrected chi connectivity index (χ1v) is 18.3. The molecule has 0 unspecified atom stereocenters. The van der Waals surface area contributed by atoms with Crippen LogP contribution in [0.4, 0.5) is 0 Å². The molecule has 0 aliphatic heterocycles. The third-order valence-corrected chi connectivity index (χ3v) is 10.5. The molecule has 0 spiro atoms. The number of aliphatic hydroxyl groups is 8. The first-order valence-electron chi connectivity index (χ1n) is 18.3. The van der Waals surface area contributed by atoms with Gasteiger partial charge in [0.2, 0.25) is 0 Å². The first kappa shape index (κ1) is 42.1. The van der Waals surface area contributed by atoms with E-state index in [1.165, 1.54) is 0 Å². The molecule has 0 amide bonds. The third kappa shape index (κ3) is 9.49. The molecule has 0 radical (unpaired) electrons. The van der Waals surface area contributed by atoms with E-state index < -0.39 is 52.9 Å². The number of hydrogen-bond donors (Lipinski definition) is 12. The second-order valence-corrected chi connectivity index (χ2v) is 14.2. The maximum Gasteiger partial charge on any atom is 0.126 e. The lowest BCUT2D eigenvalue weighted by Gasteiger charge is -2.23. The third-order valence-electron chi connectivity index (χ3n) is 10.5. The van der Waals surface area contributed by atoms with Crippen LogP contribution in [0.25, 0.3) is 0 Å². The SMILES string of the molecule is OCc1cc(CC(Cc2cc(CO)c(O)c(CO)c2)c2ccc(C(Cc3cc(CO)c(O)c(CO)c3)Cc3cc(CO)c(O)c(CO)c3)cc2)cc(CO)c1O. The average Bonchev–Trinajstić information content (AvgIpc) is 3.22. The van der Waals surface area contributed by atoms with Crippen LogP contribution < -0.4 is 0 Å². The zero-order chi connectivity index (χ0) is 40.5. The quantitative estimate of drug-likeness (QED) is 0.0612. The number of aromatic hydroxyl groups is 4. The van der Waals surface area contributed by atoms with Gasteiger partial charge in [-0.25, -0.2) is 0 Å². The van der Waals surface area contributed by atoms with Gasteiger partial charge in [0, 0.05) is 44.5 Å². The van der Waals surface area contributed by atoms with Crippen molar-refractivity contribution in [1.82, 2.24) is 0 Å². The van der Waals surface area contributed by atoms with Gasteiger partial charge < -0.3 is 61.3 Å². The molecule has 0 aromatic heterocycles. The molecule has 5 aromatic carbocycles. The molecule has 0 aliphatic carbocycles. The van der Waals surface area contributed by atoms with Gasteiger partial charge in [0.1, 0.15) is 23.0 Å². The summed E-state index contributed by atoms with van der Waals surface area (Å²) in [4.78, 5) is 0. The predicted octanol–water partition coefficient (Wildman–Crippen LogP) is 3.59. The molecule has 298 valence electrons. The molecule has 0 heterocycles. The summed E-state index contributed by atoms with van der Waals surface area (Å²) in [6, 6.07) is 21.3. The van der Waals surface area contributed by atoms with Crippen molar-refractivity contribution in [2.45, 2.75) is 90.4 Å². The molecule has 0 saturated carbocycles. The minimum atomic E-state index is -0.438. The van der Waals surface area contributed by atoms with Gasteiger partial charge >= 0.3 is 0 Å². The van der Waals surface area contributed by atoms with Crippen LogP contribution in [0.1, 0.15) is 89.7 Å². The molecule has 0 fully saturated rings. The lowest BCUT2D eigenvalue weighted by molar-refractivity contribution is 0.262. The zero-order valence-electron chi connectivity index (χ0n) is 30.9. The number of aliphatic hydroxyl groups excluding tert-OH is 8. The minimum Gasteiger partial charge on any atom is -0.507 e. The molecule has 0 saturated heterocycles. The second kappa shape index (κ2) is 19.2. The normalized spacial score (nSPS) is 11.6. The Hall–Kier alpha value is -5.02. The lowest BCUT2D eigenvalue weighted by atomic mass is 9.82. The highest BCUT2D eigenvalue weighted by atomic mass is 16.3. The smallest absolute Gasteiger partial charge is 0.126 e. The summed E-state index contributed by atoms with van der Waals surface area (Å²) in [6.45, 7) is -3.51. The van der Waals surface area contributed by atoms with Gasteiger partial charge in [0.25, 0.3) is 0 Å². The highest BCUT2D eigenvalue weighted by Gasteiger charge is 2.22. The molecule has 5 aromatic rings. The van der Waals surface area contributed by atoms with E-state index >= 15 is 0 Å². The summed E-state index contributed by atoms with van der Waals surface area (Å²) in [6.07, 6.45) is 1.59. The molecule has 12 heteroatoms. The highest BCUT2D eigenvalue weighted by molar-refractivity contribution is 5.48. The van der Waals surface area contributed by atoms with Crippen LogP contribution >= 0.6 is 0 Å². The van der Waals surface area contributed by atoms with E-state index in [2.05, 4.69) is 0 Å². The Balaban J connectivity index is 1.59. The van der Waals surface area contributed by atoms with Crippen LogP contribution in [0.2, 0.25) is 0 Å². The van der Waals surface area contributed by atoms with Gasteiger partial charge in [0.15, 0.2) is 0 Å². The van der Waals surface area contributed by atoms with Crippen LogP contribution in [0.3, 0.4) is 0 Å². The second-order valence-electron chi connectivity index (χ2n) is 14.2. The van der Waals surface area contributed by atoms with Crippen molar-refractivity contribution < 1.29 is 61.3 Å². The van der Waals surface area contributed by atoms with Gasteiger partial charge in [-0.1, -0.05) is 24.3 Å². The standard InChI is InChI=1S/C44H50O12/c45-17-33-9-25(10-34(18-46)41(33)53)5-31(6-26-11-35(19-47)42(54)36(12-26)20-48)29-1-2-30(4-3-29)32(7-27-13-37(21-49)43(55)38(14-27)22-50)8-28-15-39(23-51)44(56)40(16-28)24-52/h1-4,9-16,31-32,45-56H,5-8,17-24H2. The average molecular weight is 771 g/mol. The molecular weight excluding hydrogens is 720 g/mol. The topological polar surface area (TPSA) is 243 Å². The Morgan fingerprint density at radius 1 is 0.286 bits per heavy atom. The fraction of sp³-hybridized carbons (Fsp3) is 0.318. The van der Waals surface area contributed by atoms with Crippen LogP contribution in [0.5, 0.6) is 23.0 Å². The van der Waals surface area contributed by atoms with Crippen LogP contribution in [0.15, 0.2) is 72.8 Å². The zero-order valence-corrected chi connectivity index (χ0v) is 30.9. The van der Waals surface area contributed by atoms with E-state index in [1.54, 1.807) is 48.5 Å². The molecule has 0 atom stereocenters. The number of hydrogen-bond acceptors (Lipinski definition) is 12. The highest BCUT2D eigenvalue weighted by Crippen LogP contribution is 2.36. The maximum atomic E-state index is 10.5. The summed E-state index contributed by atoms with van der Waals surface area (Å²) in [5.41, 5.74) is 6.89. The van der Waals surface area contributed by atoms with Gasteiger partial charge in [-0.05, 0) is 119 Å². The van der Waals surface area contributed by atoms with Gasteiger partial charge in [-0.3, -0.25) is 0 Å². The van der Waals surface area contributed by atoms with E-state index in [4.69, 9.17) is 0 Å². The van der Waals surface area contributed by atoms with Crippen LogP contribution in [0, 0.1) is 0 Å². The van der Waals surface area contributed by atoms with Gasteiger partial charge in [-0.15, -0.1) is 0 Å². The van der Waals surface area contributed by atoms with Crippen molar-refractivity contribution in [3.8, 4) is 23.0 Å². The summed E-state index contributed by atoms with van der Waals surface area (Å²) in [5, 5.41) is 122. The minimum absolute atomic E-state index is 0.180. The Morgan fingerprint density at radius 2 is 0.446 bits per heavy atom. The van der Waals surface area contributed by atoms with Crippen molar-refractivity contribution in [3.63, 3.8) is 0 Å². The molecule has 56 heavy (non-hydrogen) atoms. The largest absolute Gasteiger partial charge is 0.507 e. The number of phenols is 4. The molecule has 0 bridgehead atoms. The Morgan fingerprint density at radius 3 is 0.589 bits per heavy atom. The van der Waals surface area contributed by atoms with Gasteiger partial charge in [-0.2, -0.15) is 0 Å². The van der Waals surface area contributed by atoms with Gasteiger partial charge in [0.05, 0.1) is 52.9 Å². The Labute approximate surface area is 324 Å². The summed E-state index contributed by atoms with van der Waals surface area (Å²) < 4.78 is 0. The summed E-state index contributed by atoms with van der Waals surface area (Å²) in [5.74, 6) is -1.22. The molecule has 12 N–H and O–H groups in total. The summed E-state index contributed by atoms with van der Waals surface area (Å²) in [7, 11) is 0. The molecule has 0 aliphatic rings. The Bertz CT molecular complexity index is 1730. The predicted molar refractivity (Wildman–Crippen MR) is 207 cm³/mol. The number of benzene rings is 5. The first-order chi connectivity index (χ1) is 27.0. The van der Waals surface area contributed by atoms with E-state index in [0.717, 1.165) is 33.4 Å². The number of rotatable bonds is 18. The molecular formula is C44H50O12. The van der Waals surface area contributed by atoms with Crippen molar-refractivity contribution in [2.24, 2.45) is 0 Å². The fourth-order valence-electron chi connectivity index (χ4n) is 7.56. The van der Waals surface area contributed by atoms with E-state index in [-0.39, 0.29) is 79.3 Å². The summed E-state index contributed by atoms with van der Waals surface area (Å²) >= 11 is 0. The maximum absolute atomic E-state index is 10.5. The molecule has 5 rings (SSSR count). The van der Waals surface area contributed by atoms with Crippen LogP contribution in [-0.4, -0.2) is 61.3 Å². The Kier molecular flexibility index (Phi) is 14.5. The van der Waals surface area contributed by atoms with E-state index in [9.17, 15) is 61.3 Å². The van der Waals surface area contributed by atoms with Crippen molar-refractivity contribution in [1.29, 1.82) is 0 Å². The van der Waals surface area contributed by atoms with Crippen molar-refractivity contribution in [3.05, 3.63) is 151 Å². The van der Waals surface area contributed by atoms with Crippen LogP contribution in [-0.2, 0) is 78.5 Å².